The lowest BCUT2D eigenvalue weighted by Crippen LogP contribution is -2.36. The van der Waals surface area contributed by atoms with E-state index < -0.39 is 0 Å². The van der Waals surface area contributed by atoms with E-state index in [1.54, 1.807) is 0 Å². The summed E-state index contributed by atoms with van der Waals surface area (Å²) in [5.74, 6) is 6.01. The molecule has 0 atom stereocenters. The Morgan fingerprint density at radius 3 is 2.68 bits per heavy atom. The first kappa shape index (κ1) is 14.1. The number of nitrogens with two attached hydrogens (primary N) is 1. The van der Waals surface area contributed by atoms with Crippen LogP contribution < -0.4 is 5.73 Å². The van der Waals surface area contributed by atoms with Crippen LogP contribution in [-0.2, 0) is 6.54 Å². The van der Waals surface area contributed by atoms with E-state index in [0.29, 0.717) is 12.0 Å². The van der Waals surface area contributed by atoms with Gasteiger partial charge in [0.2, 0.25) is 0 Å². The molecule has 2 rings (SSSR count). The van der Waals surface area contributed by atoms with Gasteiger partial charge in [0.05, 0.1) is 6.54 Å². The molecule has 1 aliphatic heterocycles. The van der Waals surface area contributed by atoms with E-state index in [0.717, 1.165) is 12.1 Å². The molecule has 1 heterocycles. The lowest BCUT2D eigenvalue weighted by Gasteiger charge is -2.36. The summed E-state index contributed by atoms with van der Waals surface area (Å²) in [6, 6.07) is 8.50. The topological polar surface area (TPSA) is 29.3 Å². The predicted molar refractivity (Wildman–Crippen MR) is 80.7 cm³/mol. The average Bonchev–Trinajstić information content (AvgIpc) is 2.39. The Bertz CT molecular complexity index is 470. The summed E-state index contributed by atoms with van der Waals surface area (Å²) < 4.78 is 0. The van der Waals surface area contributed by atoms with Crippen LogP contribution in [0.2, 0.25) is 0 Å². The molecule has 1 aromatic rings. The predicted octanol–water partition coefficient (Wildman–Crippen LogP) is 2.62. The minimum Gasteiger partial charge on any atom is -0.320 e. The number of nitrogens with zero attached hydrogens (tertiary/aromatic N) is 1. The summed E-state index contributed by atoms with van der Waals surface area (Å²) in [4.78, 5) is 2.54. The Morgan fingerprint density at radius 2 is 2.00 bits per heavy atom. The molecule has 1 fully saturated rings. The molecule has 1 aromatic carbocycles. The third-order valence-corrected chi connectivity index (χ3v) is 3.88. The second-order valence-corrected chi connectivity index (χ2v) is 6.15. The van der Waals surface area contributed by atoms with Crippen LogP contribution in [0.1, 0.15) is 37.8 Å². The standard InChI is InChI=1S/C17H24N2/c1-17(2)8-11-19(12-9-17)14-16-6-3-5-15(13-16)7-4-10-18/h3,5-6,13H,8-12,14,18H2,1-2H3. The number of hydrogen-bond acceptors (Lipinski definition) is 2. The van der Waals surface area contributed by atoms with Crippen molar-refractivity contribution in [2.75, 3.05) is 19.6 Å². The van der Waals surface area contributed by atoms with Crippen molar-refractivity contribution in [1.29, 1.82) is 0 Å². The van der Waals surface area contributed by atoms with Gasteiger partial charge in [-0.2, -0.15) is 0 Å². The first-order valence-electron chi connectivity index (χ1n) is 7.09. The van der Waals surface area contributed by atoms with Crippen LogP contribution >= 0.6 is 0 Å². The number of benzene rings is 1. The Hall–Kier alpha value is -1.30. The highest BCUT2D eigenvalue weighted by molar-refractivity contribution is 5.37. The zero-order valence-corrected chi connectivity index (χ0v) is 12.1. The number of rotatable bonds is 2. The van der Waals surface area contributed by atoms with E-state index in [4.69, 9.17) is 5.73 Å². The highest BCUT2D eigenvalue weighted by Gasteiger charge is 2.24. The van der Waals surface area contributed by atoms with Gasteiger partial charge in [-0.25, -0.2) is 0 Å². The molecule has 2 N–H and O–H groups in total. The lowest BCUT2D eigenvalue weighted by molar-refractivity contribution is 0.127. The van der Waals surface area contributed by atoms with Crippen LogP contribution in [0.5, 0.6) is 0 Å². The average molecular weight is 256 g/mol. The molecule has 1 saturated heterocycles. The molecular formula is C17H24N2. The second-order valence-electron chi connectivity index (χ2n) is 6.15. The number of hydrogen-bond donors (Lipinski definition) is 1. The largest absolute Gasteiger partial charge is 0.320 e. The van der Waals surface area contributed by atoms with Crippen molar-refractivity contribution in [3.05, 3.63) is 35.4 Å². The molecule has 0 spiro atoms. The van der Waals surface area contributed by atoms with Crippen LogP contribution in [-0.4, -0.2) is 24.5 Å². The van der Waals surface area contributed by atoms with E-state index in [1.165, 1.54) is 31.5 Å². The Morgan fingerprint density at radius 1 is 1.26 bits per heavy atom. The van der Waals surface area contributed by atoms with Crippen molar-refractivity contribution < 1.29 is 0 Å². The number of likely N-dealkylation sites (tertiary alicyclic amines) is 1. The van der Waals surface area contributed by atoms with Crippen LogP contribution in [0.4, 0.5) is 0 Å². The number of piperidine rings is 1. The van der Waals surface area contributed by atoms with Crippen LogP contribution in [0.25, 0.3) is 0 Å². The maximum absolute atomic E-state index is 5.41. The highest BCUT2D eigenvalue weighted by Crippen LogP contribution is 2.30. The Kier molecular flexibility index (Phi) is 4.63. The van der Waals surface area contributed by atoms with Gasteiger partial charge in [0, 0.05) is 12.1 Å². The summed E-state index contributed by atoms with van der Waals surface area (Å²) in [6.07, 6.45) is 2.58. The lowest BCUT2D eigenvalue weighted by atomic mass is 9.82. The maximum Gasteiger partial charge on any atom is 0.0555 e. The molecule has 0 aromatic heterocycles. The van der Waals surface area contributed by atoms with E-state index in [1.807, 2.05) is 6.07 Å². The molecule has 2 heteroatoms. The zero-order chi connectivity index (χ0) is 13.7. The molecule has 0 aliphatic carbocycles. The van der Waals surface area contributed by atoms with Crippen LogP contribution in [0.3, 0.4) is 0 Å². The van der Waals surface area contributed by atoms with Gasteiger partial charge >= 0.3 is 0 Å². The highest BCUT2D eigenvalue weighted by atomic mass is 15.1. The first-order chi connectivity index (χ1) is 9.09. The van der Waals surface area contributed by atoms with E-state index in [9.17, 15) is 0 Å². The van der Waals surface area contributed by atoms with E-state index >= 15 is 0 Å². The van der Waals surface area contributed by atoms with E-state index in [-0.39, 0.29) is 0 Å². The van der Waals surface area contributed by atoms with Gasteiger partial charge in [0.15, 0.2) is 0 Å². The quantitative estimate of drug-likeness (QED) is 0.824. The maximum atomic E-state index is 5.41. The van der Waals surface area contributed by atoms with Crippen LogP contribution in [0, 0.1) is 17.3 Å². The zero-order valence-electron chi connectivity index (χ0n) is 12.1. The molecule has 2 nitrogen and oxygen atoms in total. The van der Waals surface area contributed by atoms with Gasteiger partial charge in [-0.3, -0.25) is 4.90 Å². The third kappa shape index (κ3) is 4.38. The van der Waals surface area contributed by atoms with Gasteiger partial charge < -0.3 is 5.73 Å². The molecule has 0 bridgehead atoms. The van der Waals surface area contributed by atoms with E-state index in [2.05, 4.69) is 48.8 Å². The summed E-state index contributed by atoms with van der Waals surface area (Å²) in [7, 11) is 0. The minimum atomic E-state index is 0.422. The first-order valence-corrected chi connectivity index (χ1v) is 7.09. The van der Waals surface area contributed by atoms with Crippen molar-refractivity contribution >= 4 is 0 Å². The smallest absolute Gasteiger partial charge is 0.0555 e. The summed E-state index contributed by atoms with van der Waals surface area (Å²) >= 11 is 0. The fourth-order valence-corrected chi connectivity index (χ4v) is 2.48. The monoisotopic (exact) mass is 256 g/mol. The van der Waals surface area contributed by atoms with Crippen LogP contribution in [0.15, 0.2) is 24.3 Å². The van der Waals surface area contributed by atoms with Crippen molar-refractivity contribution in [3.8, 4) is 11.8 Å². The van der Waals surface area contributed by atoms with Gasteiger partial charge in [-0.15, -0.1) is 0 Å². The summed E-state index contributed by atoms with van der Waals surface area (Å²) in [6.45, 7) is 8.60. The summed E-state index contributed by atoms with van der Waals surface area (Å²) in [5, 5.41) is 0. The SMILES string of the molecule is CC1(C)CCN(Cc2cccc(C#CCN)c2)CC1. The van der Waals surface area contributed by atoms with Crippen molar-refractivity contribution in [2.24, 2.45) is 11.1 Å². The summed E-state index contributed by atoms with van der Waals surface area (Å²) in [5.41, 5.74) is 8.35. The normalized spacial score (nSPS) is 18.7. The van der Waals surface area contributed by atoms with Crippen molar-refractivity contribution in [3.63, 3.8) is 0 Å². The third-order valence-electron chi connectivity index (χ3n) is 3.88. The molecule has 0 radical (unpaired) electrons. The molecule has 102 valence electrons. The van der Waals surface area contributed by atoms with Gasteiger partial charge in [0.1, 0.15) is 0 Å². The fraction of sp³-hybridized carbons (Fsp3) is 0.529. The van der Waals surface area contributed by atoms with Crippen molar-refractivity contribution in [2.45, 2.75) is 33.2 Å². The molecule has 1 aliphatic rings. The molecule has 0 amide bonds. The molecular weight excluding hydrogens is 232 g/mol. The fourth-order valence-electron chi connectivity index (χ4n) is 2.48. The molecule has 0 unspecified atom stereocenters. The molecule has 19 heavy (non-hydrogen) atoms. The minimum absolute atomic E-state index is 0.422. The van der Waals surface area contributed by atoms with Crippen molar-refractivity contribution in [1.82, 2.24) is 4.90 Å². The Balaban J connectivity index is 1.96. The Labute approximate surface area is 117 Å². The van der Waals surface area contributed by atoms with Gasteiger partial charge in [-0.1, -0.05) is 37.8 Å². The van der Waals surface area contributed by atoms with Gasteiger partial charge in [-0.05, 0) is 49.0 Å². The molecule has 0 saturated carbocycles. The second kappa shape index (κ2) is 6.23. The van der Waals surface area contributed by atoms with Gasteiger partial charge in [0.25, 0.3) is 0 Å².